The van der Waals surface area contributed by atoms with E-state index in [2.05, 4.69) is 11.8 Å². The van der Waals surface area contributed by atoms with Crippen molar-refractivity contribution in [1.29, 1.82) is 0 Å². The van der Waals surface area contributed by atoms with E-state index in [1.807, 2.05) is 37.3 Å². The fourth-order valence-electron chi connectivity index (χ4n) is 1.00. The molecule has 0 bridgehead atoms. The largest absolute Gasteiger partial charge is 0.392 e. The van der Waals surface area contributed by atoms with Crippen LogP contribution in [0.2, 0.25) is 0 Å². The molecule has 0 heterocycles. The zero-order valence-electron chi connectivity index (χ0n) is 8.33. The molecule has 1 rings (SSSR count). The SMILES string of the molecule is CC/C(=C/C#Cc1ccccc1)CO. The monoisotopic (exact) mass is 186 g/mol. The van der Waals surface area contributed by atoms with E-state index in [-0.39, 0.29) is 6.61 Å². The van der Waals surface area contributed by atoms with E-state index in [1.54, 1.807) is 6.08 Å². The molecule has 72 valence electrons. The van der Waals surface area contributed by atoms with E-state index in [4.69, 9.17) is 5.11 Å². The van der Waals surface area contributed by atoms with Crippen molar-refractivity contribution in [2.75, 3.05) is 6.61 Å². The van der Waals surface area contributed by atoms with Gasteiger partial charge >= 0.3 is 0 Å². The molecule has 0 unspecified atom stereocenters. The first-order valence-electron chi connectivity index (χ1n) is 4.72. The summed E-state index contributed by atoms with van der Waals surface area (Å²) < 4.78 is 0. The molecule has 1 nitrogen and oxygen atoms in total. The zero-order valence-corrected chi connectivity index (χ0v) is 8.33. The van der Waals surface area contributed by atoms with Crippen LogP contribution in [0.5, 0.6) is 0 Å². The van der Waals surface area contributed by atoms with Gasteiger partial charge in [0.25, 0.3) is 0 Å². The lowest BCUT2D eigenvalue weighted by Crippen LogP contribution is -1.86. The van der Waals surface area contributed by atoms with Gasteiger partial charge in [0.1, 0.15) is 0 Å². The molecule has 0 amide bonds. The Morgan fingerprint density at radius 3 is 2.64 bits per heavy atom. The van der Waals surface area contributed by atoms with Gasteiger partial charge in [0.2, 0.25) is 0 Å². The Labute approximate surface area is 85.1 Å². The van der Waals surface area contributed by atoms with Crippen LogP contribution in [0.1, 0.15) is 18.9 Å². The lowest BCUT2D eigenvalue weighted by atomic mass is 10.2. The highest BCUT2D eigenvalue weighted by atomic mass is 16.3. The molecule has 0 saturated heterocycles. The highest BCUT2D eigenvalue weighted by Gasteiger charge is 1.86. The predicted octanol–water partition coefficient (Wildman–Crippen LogP) is 2.37. The highest BCUT2D eigenvalue weighted by Crippen LogP contribution is 1.98. The van der Waals surface area contributed by atoms with Crippen molar-refractivity contribution in [1.82, 2.24) is 0 Å². The highest BCUT2D eigenvalue weighted by molar-refractivity contribution is 5.37. The van der Waals surface area contributed by atoms with Gasteiger partial charge in [0.05, 0.1) is 6.61 Å². The van der Waals surface area contributed by atoms with Crippen molar-refractivity contribution >= 4 is 0 Å². The van der Waals surface area contributed by atoms with E-state index in [9.17, 15) is 0 Å². The average molecular weight is 186 g/mol. The molecule has 1 aromatic rings. The average Bonchev–Trinajstić information content (AvgIpc) is 2.26. The fraction of sp³-hybridized carbons (Fsp3) is 0.231. The summed E-state index contributed by atoms with van der Waals surface area (Å²) in [5.74, 6) is 5.94. The van der Waals surface area contributed by atoms with Crippen LogP contribution in [-0.4, -0.2) is 11.7 Å². The maximum Gasteiger partial charge on any atom is 0.0650 e. The Balaban J connectivity index is 2.69. The fourth-order valence-corrected chi connectivity index (χ4v) is 1.00. The Morgan fingerprint density at radius 2 is 2.07 bits per heavy atom. The van der Waals surface area contributed by atoms with Crippen molar-refractivity contribution in [3.8, 4) is 11.8 Å². The molecule has 0 aromatic heterocycles. The van der Waals surface area contributed by atoms with Crippen LogP contribution in [0.15, 0.2) is 42.0 Å². The lowest BCUT2D eigenvalue weighted by Gasteiger charge is -1.93. The summed E-state index contributed by atoms with van der Waals surface area (Å²) in [5.41, 5.74) is 1.96. The number of allylic oxidation sites excluding steroid dienone is 1. The van der Waals surface area contributed by atoms with Crippen LogP contribution >= 0.6 is 0 Å². The molecule has 0 aliphatic heterocycles. The third-order valence-corrected chi connectivity index (χ3v) is 1.92. The molecule has 1 aromatic carbocycles. The van der Waals surface area contributed by atoms with Crippen LogP contribution in [0.25, 0.3) is 0 Å². The zero-order chi connectivity index (χ0) is 10.2. The number of hydrogen-bond donors (Lipinski definition) is 1. The smallest absolute Gasteiger partial charge is 0.0650 e. The Kier molecular flexibility index (Phi) is 4.54. The van der Waals surface area contributed by atoms with Crippen LogP contribution in [0.3, 0.4) is 0 Å². The van der Waals surface area contributed by atoms with Gasteiger partial charge < -0.3 is 5.11 Å². The third kappa shape index (κ3) is 3.47. The topological polar surface area (TPSA) is 20.2 Å². The molecule has 0 atom stereocenters. The maximum atomic E-state index is 8.89. The van der Waals surface area contributed by atoms with Gasteiger partial charge in [-0.15, -0.1) is 0 Å². The number of aliphatic hydroxyl groups is 1. The number of hydrogen-bond acceptors (Lipinski definition) is 1. The van der Waals surface area contributed by atoms with Gasteiger partial charge in [-0.05, 0) is 30.2 Å². The summed E-state index contributed by atoms with van der Waals surface area (Å²) in [6.07, 6.45) is 2.63. The first kappa shape index (κ1) is 10.6. The van der Waals surface area contributed by atoms with E-state index in [1.165, 1.54) is 0 Å². The van der Waals surface area contributed by atoms with Gasteiger partial charge in [-0.1, -0.05) is 37.0 Å². The first-order valence-corrected chi connectivity index (χ1v) is 4.72. The molecule has 0 spiro atoms. The quantitative estimate of drug-likeness (QED) is 0.703. The summed E-state index contributed by atoms with van der Waals surface area (Å²) in [7, 11) is 0. The van der Waals surface area contributed by atoms with Crippen molar-refractivity contribution in [3.05, 3.63) is 47.5 Å². The molecule has 1 heteroatoms. The van der Waals surface area contributed by atoms with Crippen LogP contribution in [-0.2, 0) is 0 Å². The van der Waals surface area contributed by atoms with Crippen LogP contribution < -0.4 is 0 Å². The maximum absolute atomic E-state index is 8.89. The molecule has 0 aliphatic rings. The van der Waals surface area contributed by atoms with Gasteiger partial charge in [0.15, 0.2) is 0 Å². The summed E-state index contributed by atoms with van der Waals surface area (Å²) in [6, 6.07) is 9.81. The standard InChI is InChI=1S/C13H14O/c1-2-12(11-14)9-6-10-13-7-4-3-5-8-13/h3-5,7-9,14H,2,11H2,1H3/b12-9-. The molecule has 14 heavy (non-hydrogen) atoms. The van der Waals surface area contributed by atoms with Crippen molar-refractivity contribution in [3.63, 3.8) is 0 Å². The molecular weight excluding hydrogens is 172 g/mol. The number of rotatable bonds is 2. The summed E-state index contributed by atoms with van der Waals surface area (Å²) in [4.78, 5) is 0. The predicted molar refractivity (Wildman–Crippen MR) is 58.8 cm³/mol. The first-order chi connectivity index (χ1) is 6.86. The van der Waals surface area contributed by atoms with E-state index in [0.717, 1.165) is 17.6 Å². The normalized spacial score (nSPS) is 10.6. The van der Waals surface area contributed by atoms with Crippen molar-refractivity contribution in [2.45, 2.75) is 13.3 Å². The van der Waals surface area contributed by atoms with E-state index < -0.39 is 0 Å². The minimum Gasteiger partial charge on any atom is -0.392 e. The van der Waals surface area contributed by atoms with Gasteiger partial charge in [-0.25, -0.2) is 0 Å². The van der Waals surface area contributed by atoms with E-state index in [0.29, 0.717) is 0 Å². The van der Waals surface area contributed by atoms with Crippen LogP contribution in [0, 0.1) is 11.8 Å². The Hall–Kier alpha value is -1.52. The van der Waals surface area contributed by atoms with Crippen LogP contribution in [0.4, 0.5) is 0 Å². The molecule has 0 fully saturated rings. The van der Waals surface area contributed by atoms with Gasteiger partial charge in [-0.3, -0.25) is 0 Å². The molecule has 0 aliphatic carbocycles. The summed E-state index contributed by atoms with van der Waals surface area (Å²) >= 11 is 0. The minimum absolute atomic E-state index is 0.0972. The summed E-state index contributed by atoms with van der Waals surface area (Å²) in [5, 5.41) is 8.89. The lowest BCUT2D eigenvalue weighted by molar-refractivity contribution is 0.328. The molecule has 0 radical (unpaired) electrons. The van der Waals surface area contributed by atoms with Gasteiger partial charge in [-0.2, -0.15) is 0 Å². The number of benzene rings is 1. The molecule has 0 saturated carbocycles. The van der Waals surface area contributed by atoms with E-state index >= 15 is 0 Å². The van der Waals surface area contributed by atoms with Crippen molar-refractivity contribution in [2.24, 2.45) is 0 Å². The number of aliphatic hydroxyl groups excluding tert-OH is 1. The van der Waals surface area contributed by atoms with Gasteiger partial charge in [0, 0.05) is 5.56 Å². The Morgan fingerprint density at radius 1 is 1.36 bits per heavy atom. The van der Waals surface area contributed by atoms with Crippen molar-refractivity contribution < 1.29 is 5.11 Å². The molecular formula is C13H14O. The second-order valence-electron chi connectivity index (χ2n) is 2.95. The summed E-state index contributed by atoms with van der Waals surface area (Å²) in [6.45, 7) is 2.10. The Bertz CT molecular complexity index is 346. The second kappa shape index (κ2) is 6.01. The minimum atomic E-state index is 0.0972. The second-order valence-corrected chi connectivity index (χ2v) is 2.95. The molecule has 1 N–H and O–H groups in total. The third-order valence-electron chi connectivity index (χ3n) is 1.92.